The minimum Gasteiger partial charge on any atom is -0.452 e. The van der Waals surface area contributed by atoms with Crippen LogP contribution in [-0.4, -0.2) is 18.5 Å². The quantitative estimate of drug-likeness (QED) is 0.615. The molecule has 0 aliphatic heterocycles. The predicted octanol–water partition coefficient (Wildman–Crippen LogP) is 4.26. The third kappa shape index (κ3) is 5.66. The van der Waals surface area contributed by atoms with Gasteiger partial charge in [0.15, 0.2) is 6.61 Å². The molecule has 0 spiro atoms. The van der Waals surface area contributed by atoms with Crippen LogP contribution in [0.5, 0.6) is 0 Å². The molecule has 124 valence electrons. The van der Waals surface area contributed by atoms with Gasteiger partial charge in [0.2, 0.25) is 0 Å². The first-order chi connectivity index (χ1) is 11.4. The van der Waals surface area contributed by atoms with Crippen LogP contribution in [0.1, 0.15) is 16.7 Å². The van der Waals surface area contributed by atoms with E-state index < -0.39 is 5.97 Å². The van der Waals surface area contributed by atoms with Gasteiger partial charge in [-0.15, -0.1) is 0 Å². The maximum absolute atomic E-state index is 11.9. The number of amides is 1. The van der Waals surface area contributed by atoms with E-state index in [4.69, 9.17) is 4.74 Å². The van der Waals surface area contributed by atoms with Gasteiger partial charge in [0, 0.05) is 16.2 Å². The first-order valence-electron chi connectivity index (χ1n) is 7.41. The fourth-order valence-electron chi connectivity index (χ4n) is 2.02. The Morgan fingerprint density at radius 3 is 2.71 bits per heavy atom. The van der Waals surface area contributed by atoms with Gasteiger partial charge in [-0.3, -0.25) is 4.79 Å². The van der Waals surface area contributed by atoms with E-state index in [0.29, 0.717) is 0 Å². The number of halogens is 1. The first kappa shape index (κ1) is 17.9. The number of benzene rings is 2. The SMILES string of the molecule is Cc1ccc(C)c(NC(=O)COC(=O)/C=C/c2cccc(Br)c2)c1. The molecule has 0 aliphatic rings. The van der Waals surface area contributed by atoms with E-state index in [1.165, 1.54) is 6.08 Å². The molecule has 0 saturated heterocycles. The average molecular weight is 388 g/mol. The number of carbonyl (C=O) groups is 2. The van der Waals surface area contributed by atoms with Crippen LogP contribution in [0.15, 0.2) is 53.0 Å². The van der Waals surface area contributed by atoms with E-state index in [2.05, 4.69) is 21.2 Å². The molecule has 0 saturated carbocycles. The summed E-state index contributed by atoms with van der Waals surface area (Å²) in [6, 6.07) is 13.3. The van der Waals surface area contributed by atoms with Crippen LogP contribution in [0.3, 0.4) is 0 Å². The van der Waals surface area contributed by atoms with Gasteiger partial charge in [-0.25, -0.2) is 4.79 Å². The highest BCUT2D eigenvalue weighted by molar-refractivity contribution is 9.10. The molecule has 0 atom stereocenters. The molecule has 1 amide bonds. The first-order valence-corrected chi connectivity index (χ1v) is 8.21. The lowest BCUT2D eigenvalue weighted by Crippen LogP contribution is -2.20. The monoisotopic (exact) mass is 387 g/mol. The topological polar surface area (TPSA) is 55.4 Å². The van der Waals surface area contributed by atoms with Crippen LogP contribution in [0.2, 0.25) is 0 Å². The number of hydrogen-bond acceptors (Lipinski definition) is 3. The van der Waals surface area contributed by atoms with Crippen LogP contribution < -0.4 is 5.32 Å². The zero-order valence-corrected chi connectivity index (χ0v) is 15.1. The Hall–Kier alpha value is -2.40. The van der Waals surface area contributed by atoms with E-state index in [0.717, 1.165) is 26.9 Å². The fourth-order valence-corrected chi connectivity index (χ4v) is 2.43. The van der Waals surface area contributed by atoms with Crippen LogP contribution >= 0.6 is 15.9 Å². The van der Waals surface area contributed by atoms with Crippen LogP contribution in [-0.2, 0) is 14.3 Å². The summed E-state index contributed by atoms with van der Waals surface area (Å²) in [7, 11) is 0. The highest BCUT2D eigenvalue weighted by atomic mass is 79.9. The third-order valence-corrected chi connectivity index (χ3v) is 3.77. The summed E-state index contributed by atoms with van der Waals surface area (Å²) in [5.74, 6) is -0.931. The van der Waals surface area contributed by atoms with Crippen molar-refractivity contribution in [3.8, 4) is 0 Å². The van der Waals surface area contributed by atoms with Gasteiger partial charge in [-0.05, 0) is 54.8 Å². The average Bonchev–Trinajstić information content (AvgIpc) is 2.54. The lowest BCUT2D eigenvalue weighted by atomic mass is 10.1. The van der Waals surface area contributed by atoms with Crippen molar-refractivity contribution in [2.75, 3.05) is 11.9 Å². The fraction of sp³-hybridized carbons (Fsp3) is 0.158. The summed E-state index contributed by atoms with van der Waals surface area (Å²) in [5, 5.41) is 2.74. The number of esters is 1. The number of carbonyl (C=O) groups excluding carboxylic acids is 2. The van der Waals surface area contributed by atoms with Gasteiger partial charge in [0.1, 0.15) is 0 Å². The second-order valence-corrected chi connectivity index (χ2v) is 6.28. The molecule has 0 fully saturated rings. The second-order valence-electron chi connectivity index (χ2n) is 5.36. The molecular formula is C19H18BrNO3. The van der Waals surface area contributed by atoms with Crippen molar-refractivity contribution < 1.29 is 14.3 Å². The van der Waals surface area contributed by atoms with Gasteiger partial charge in [0.05, 0.1) is 0 Å². The smallest absolute Gasteiger partial charge is 0.331 e. The van der Waals surface area contributed by atoms with Crippen LogP contribution in [0.4, 0.5) is 5.69 Å². The van der Waals surface area contributed by atoms with E-state index in [-0.39, 0.29) is 12.5 Å². The van der Waals surface area contributed by atoms with Crippen molar-refractivity contribution in [2.45, 2.75) is 13.8 Å². The Labute approximate surface area is 149 Å². The molecule has 0 radical (unpaired) electrons. The molecule has 24 heavy (non-hydrogen) atoms. The van der Waals surface area contributed by atoms with Crippen LogP contribution in [0.25, 0.3) is 6.08 Å². The predicted molar refractivity (Wildman–Crippen MR) is 98.7 cm³/mol. The Kier molecular flexibility index (Phi) is 6.32. The van der Waals surface area contributed by atoms with Crippen molar-refractivity contribution >= 4 is 39.6 Å². The zero-order valence-electron chi connectivity index (χ0n) is 13.5. The summed E-state index contributed by atoms with van der Waals surface area (Å²) in [6.07, 6.45) is 2.93. The summed E-state index contributed by atoms with van der Waals surface area (Å²) in [6.45, 7) is 3.53. The Morgan fingerprint density at radius 1 is 1.17 bits per heavy atom. The molecule has 5 heteroatoms. The molecule has 4 nitrogen and oxygen atoms in total. The molecule has 0 aliphatic carbocycles. The van der Waals surface area contributed by atoms with Crippen molar-refractivity contribution in [3.63, 3.8) is 0 Å². The molecule has 2 aromatic rings. The van der Waals surface area contributed by atoms with Crippen LogP contribution in [0, 0.1) is 13.8 Å². The van der Waals surface area contributed by atoms with E-state index in [9.17, 15) is 9.59 Å². The van der Waals surface area contributed by atoms with Gasteiger partial charge < -0.3 is 10.1 Å². The van der Waals surface area contributed by atoms with Crippen molar-refractivity contribution in [1.82, 2.24) is 0 Å². The number of hydrogen-bond donors (Lipinski definition) is 1. The lowest BCUT2D eigenvalue weighted by Gasteiger charge is -2.09. The summed E-state index contributed by atoms with van der Waals surface area (Å²) in [4.78, 5) is 23.6. The molecular weight excluding hydrogens is 370 g/mol. The largest absolute Gasteiger partial charge is 0.452 e. The van der Waals surface area contributed by atoms with E-state index in [1.807, 2.05) is 56.3 Å². The summed E-state index contributed by atoms with van der Waals surface area (Å²) < 4.78 is 5.87. The normalized spacial score (nSPS) is 10.6. The Bertz CT molecular complexity index is 784. The molecule has 0 aromatic heterocycles. The molecule has 2 aromatic carbocycles. The summed E-state index contributed by atoms with van der Waals surface area (Å²) >= 11 is 3.36. The number of rotatable bonds is 5. The van der Waals surface area contributed by atoms with E-state index >= 15 is 0 Å². The van der Waals surface area contributed by atoms with E-state index in [1.54, 1.807) is 6.08 Å². The highest BCUT2D eigenvalue weighted by Gasteiger charge is 2.07. The number of aryl methyl sites for hydroxylation is 2. The minimum atomic E-state index is -0.564. The van der Waals surface area contributed by atoms with Gasteiger partial charge >= 0.3 is 5.97 Å². The highest BCUT2D eigenvalue weighted by Crippen LogP contribution is 2.16. The number of anilines is 1. The van der Waals surface area contributed by atoms with Crippen molar-refractivity contribution in [3.05, 3.63) is 69.7 Å². The standard InChI is InChI=1S/C19H18BrNO3/c1-13-6-7-14(2)17(10-13)21-18(22)12-24-19(23)9-8-15-4-3-5-16(20)11-15/h3-11H,12H2,1-2H3,(H,21,22)/b9-8+. The maximum Gasteiger partial charge on any atom is 0.331 e. The minimum absolute atomic E-state index is 0.324. The third-order valence-electron chi connectivity index (χ3n) is 3.27. The number of ether oxygens (including phenoxy) is 1. The van der Waals surface area contributed by atoms with Gasteiger partial charge in [-0.1, -0.05) is 40.2 Å². The second kappa shape index (κ2) is 8.45. The summed E-state index contributed by atoms with van der Waals surface area (Å²) in [5.41, 5.74) is 3.58. The Morgan fingerprint density at radius 2 is 1.96 bits per heavy atom. The van der Waals surface area contributed by atoms with Crippen molar-refractivity contribution in [1.29, 1.82) is 0 Å². The Balaban J connectivity index is 1.85. The van der Waals surface area contributed by atoms with Gasteiger partial charge in [0.25, 0.3) is 5.91 Å². The van der Waals surface area contributed by atoms with Crippen molar-refractivity contribution in [2.24, 2.45) is 0 Å². The molecule has 0 bridgehead atoms. The molecule has 0 heterocycles. The lowest BCUT2D eigenvalue weighted by molar-refractivity contribution is -0.142. The number of nitrogens with one attached hydrogen (secondary N) is 1. The molecule has 2 rings (SSSR count). The van der Waals surface area contributed by atoms with Gasteiger partial charge in [-0.2, -0.15) is 0 Å². The zero-order chi connectivity index (χ0) is 17.5. The molecule has 0 unspecified atom stereocenters. The maximum atomic E-state index is 11.9. The molecule has 1 N–H and O–H groups in total.